The molecular weight excluding hydrogens is 407 g/mol. The lowest BCUT2D eigenvalue weighted by Gasteiger charge is -2.26. The number of nitrogens with two attached hydrogens (primary N) is 1. The van der Waals surface area contributed by atoms with Crippen LogP contribution in [0, 0.1) is 5.82 Å². The van der Waals surface area contributed by atoms with Crippen LogP contribution >= 0.6 is 0 Å². The molecule has 0 spiro atoms. The number of carbonyl (C=O) groups excluding carboxylic acids is 1. The first-order valence-corrected chi connectivity index (χ1v) is 11.3. The number of aromatic nitrogens is 1. The molecule has 2 aliphatic heterocycles. The molecule has 6 nitrogen and oxygen atoms in total. The zero-order valence-corrected chi connectivity index (χ0v) is 18.1. The van der Waals surface area contributed by atoms with Crippen LogP contribution in [0.2, 0.25) is 0 Å². The molecule has 2 aromatic carbocycles. The van der Waals surface area contributed by atoms with Gasteiger partial charge >= 0.3 is 0 Å². The lowest BCUT2D eigenvalue weighted by Crippen LogP contribution is -2.35. The molecule has 2 aliphatic rings. The number of halogens is 1. The van der Waals surface area contributed by atoms with Gasteiger partial charge in [0.05, 0.1) is 24.3 Å². The number of amides is 1. The van der Waals surface area contributed by atoms with Gasteiger partial charge in [-0.3, -0.25) is 9.69 Å². The van der Waals surface area contributed by atoms with E-state index >= 15 is 0 Å². The first kappa shape index (κ1) is 21.1. The summed E-state index contributed by atoms with van der Waals surface area (Å²) < 4.78 is 20.4. The van der Waals surface area contributed by atoms with Crippen molar-refractivity contribution in [2.24, 2.45) is 5.73 Å². The predicted octanol–water partition coefficient (Wildman–Crippen LogP) is 3.37. The summed E-state index contributed by atoms with van der Waals surface area (Å²) in [7, 11) is 0. The molecule has 0 bridgehead atoms. The van der Waals surface area contributed by atoms with Gasteiger partial charge in [0.2, 0.25) is 0 Å². The molecule has 168 valence electrons. The first-order chi connectivity index (χ1) is 15.6. The number of nitrogens with zero attached hydrogens (tertiary/aromatic N) is 1. The predicted molar refractivity (Wildman–Crippen MR) is 123 cm³/mol. The maximum Gasteiger partial charge on any atom is 0.250 e. The van der Waals surface area contributed by atoms with E-state index in [1.54, 1.807) is 6.07 Å². The summed E-state index contributed by atoms with van der Waals surface area (Å²) in [5.74, 6) is -0.414. The summed E-state index contributed by atoms with van der Waals surface area (Å²) in [4.78, 5) is 17.8. The van der Waals surface area contributed by atoms with Crippen LogP contribution in [0.3, 0.4) is 0 Å². The molecular formula is C25H29FN4O2. The molecule has 2 fully saturated rings. The Bertz CT molecular complexity index is 1130. The Labute approximate surface area is 186 Å². The van der Waals surface area contributed by atoms with Crippen LogP contribution in [-0.2, 0) is 11.3 Å². The molecule has 5 rings (SSSR count). The van der Waals surface area contributed by atoms with E-state index in [9.17, 15) is 9.18 Å². The zero-order chi connectivity index (χ0) is 22.1. The monoisotopic (exact) mass is 436 g/mol. The number of fused-ring (bicyclic) bond motifs is 1. The van der Waals surface area contributed by atoms with Crippen molar-refractivity contribution in [3.63, 3.8) is 0 Å². The smallest absolute Gasteiger partial charge is 0.250 e. The Morgan fingerprint density at radius 1 is 1.16 bits per heavy atom. The van der Waals surface area contributed by atoms with Crippen molar-refractivity contribution < 1.29 is 13.9 Å². The van der Waals surface area contributed by atoms with E-state index in [2.05, 4.69) is 15.2 Å². The van der Waals surface area contributed by atoms with Crippen LogP contribution in [0.4, 0.5) is 4.39 Å². The molecule has 0 radical (unpaired) electrons. The summed E-state index contributed by atoms with van der Waals surface area (Å²) in [5, 5.41) is 4.35. The molecule has 3 heterocycles. The highest BCUT2D eigenvalue weighted by Gasteiger charge is 2.22. The maximum absolute atomic E-state index is 15.0. The van der Waals surface area contributed by atoms with E-state index in [1.807, 2.05) is 24.4 Å². The summed E-state index contributed by atoms with van der Waals surface area (Å²) in [6, 6.07) is 8.97. The van der Waals surface area contributed by atoms with Crippen molar-refractivity contribution in [2.45, 2.75) is 25.3 Å². The standard InChI is InChI=1S/C25H29FN4O2/c26-23-2-1-16(15-30-7-9-32-10-8-30)11-19(23)18-12-20-22(17-3-5-28-6-4-17)14-29-24(20)21(13-18)25(27)31/h1-2,11-14,17,28-29H,3-10,15H2,(H2,27,31). The normalized spacial score (nSPS) is 18.3. The Balaban J connectivity index is 1.57. The number of nitrogens with one attached hydrogen (secondary N) is 2. The summed E-state index contributed by atoms with van der Waals surface area (Å²) in [5.41, 5.74) is 10.3. The van der Waals surface area contributed by atoms with Crippen molar-refractivity contribution in [3.8, 4) is 11.1 Å². The second kappa shape index (κ2) is 9.02. The van der Waals surface area contributed by atoms with Gasteiger partial charge in [0.25, 0.3) is 5.91 Å². The highest BCUT2D eigenvalue weighted by atomic mass is 19.1. The third-order valence-electron chi connectivity index (χ3n) is 6.72. The summed E-state index contributed by atoms with van der Waals surface area (Å²) in [6.45, 7) is 5.86. The van der Waals surface area contributed by atoms with Crippen LogP contribution in [0.25, 0.3) is 22.0 Å². The Hall–Kier alpha value is -2.74. The Morgan fingerprint density at radius 2 is 1.94 bits per heavy atom. The molecule has 7 heteroatoms. The number of H-pyrrole nitrogens is 1. The summed E-state index contributed by atoms with van der Waals surface area (Å²) >= 11 is 0. The number of rotatable bonds is 5. The minimum Gasteiger partial charge on any atom is -0.379 e. The fourth-order valence-electron chi connectivity index (χ4n) is 4.98. The molecule has 32 heavy (non-hydrogen) atoms. The van der Waals surface area contributed by atoms with Crippen LogP contribution in [0.5, 0.6) is 0 Å². The van der Waals surface area contributed by atoms with Crippen molar-refractivity contribution >= 4 is 16.8 Å². The molecule has 3 aromatic rings. The van der Waals surface area contributed by atoms with Crippen LogP contribution in [0.15, 0.2) is 36.5 Å². The van der Waals surface area contributed by atoms with Crippen molar-refractivity contribution in [3.05, 3.63) is 59.0 Å². The SMILES string of the molecule is NC(=O)c1cc(-c2cc(CN3CCOCC3)ccc2F)cc2c(C3CCNCC3)c[nH]c12. The minimum absolute atomic E-state index is 0.301. The molecule has 0 saturated carbocycles. The average Bonchev–Trinajstić information content (AvgIpc) is 3.25. The summed E-state index contributed by atoms with van der Waals surface area (Å²) in [6.07, 6.45) is 4.06. The minimum atomic E-state index is -0.513. The number of ether oxygens (including phenoxy) is 1. The number of aromatic amines is 1. The Morgan fingerprint density at radius 3 is 2.69 bits per heavy atom. The number of hydrogen-bond donors (Lipinski definition) is 3. The first-order valence-electron chi connectivity index (χ1n) is 11.3. The van der Waals surface area contributed by atoms with Crippen molar-refractivity contribution in [1.29, 1.82) is 0 Å². The second-order valence-electron chi connectivity index (χ2n) is 8.78. The molecule has 0 unspecified atom stereocenters. The zero-order valence-electron chi connectivity index (χ0n) is 18.1. The maximum atomic E-state index is 15.0. The quantitative estimate of drug-likeness (QED) is 0.573. The highest BCUT2D eigenvalue weighted by Crippen LogP contribution is 2.36. The number of benzene rings is 2. The van der Waals surface area contributed by atoms with Crippen LogP contribution in [-0.4, -0.2) is 55.2 Å². The third kappa shape index (κ3) is 4.16. The van der Waals surface area contributed by atoms with Gasteiger partial charge in [0, 0.05) is 36.8 Å². The van der Waals surface area contributed by atoms with Gasteiger partial charge in [0.15, 0.2) is 0 Å². The van der Waals surface area contributed by atoms with Crippen molar-refractivity contribution in [1.82, 2.24) is 15.2 Å². The van der Waals surface area contributed by atoms with E-state index in [0.717, 1.165) is 75.2 Å². The lowest BCUT2D eigenvalue weighted by atomic mass is 9.88. The molecule has 2 saturated heterocycles. The van der Waals surface area contributed by atoms with Gasteiger partial charge in [-0.25, -0.2) is 4.39 Å². The van der Waals surface area contributed by atoms with Gasteiger partial charge in [-0.15, -0.1) is 0 Å². The van der Waals surface area contributed by atoms with E-state index in [-0.39, 0.29) is 5.82 Å². The number of hydrogen-bond acceptors (Lipinski definition) is 4. The van der Waals surface area contributed by atoms with Gasteiger partial charge in [-0.2, -0.15) is 0 Å². The fraction of sp³-hybridized carbons (Fsp3) is 0.400. The third-order valence-corrected chi connectivity index (χ3v) is 6.72. The molecule has 1 amide bonds. The van der Waals surface area contributed by atoms with E-state index in [4.69, 9.17) is 10.5 Å². The Kier molecular flexibility index (Phi) is 5.95. The van der Waals surface area contributed by atoms with E-state index < -0.39 is 5.91 Å². The van der Waals surface area contributed by atoms with Gasteiger partial charge in [0.1, 0.15) is 5.82 Å². The van der Waals surface area contributed by atoms with Crippen LogP contribution < -0.4 is 11.1 Å². The molecule has 4 N–H and O–H groups in total. The number of carbonyl (C=O) groups is 1. The van der Waals surface area contributed by atoms with Crippen molar-refractivity contribution in [2.75, 3.05) is 39.4 Å². The van der Waals surface area contributed by atoms with E-state index in [0.29, 0.717) is 22.6 Å². The largest absolute Gasteiger partial charge is 0.379 e. The van der Waals surface area contributed by atoms with Gasteiger partial charge in [-0.1, -0.05) is 6.07 Å². The highest BCUT2D eigenvalue weighted by molar-refractivity contribution is 6.07. The molecule has 0 atom stereocenters. The van der Waals surface area contributed by atoms with Gasteiger partial charge in [-0.05, 0) is 72.8 Å². The van der Waals surface area contributed by atoms with E-state index in [1.165, 1.54) is 11.6 Å². The fourth-order valence-corrected chi connectivity index (χ4v) is 4.98. The lowest BCUT2D eigenvalue weighted by molar-refractivity contribution is 0.0342. The van der Waals surface area contributed by atoms with Crippen LogP contribution in [0.1, 0.15) is 40.2 Å². The topological polar surface area (TPSA) is 83.4 Å². The molecule has 1 aromatic heterocycles. The average molecular weight is 437 g/mol. The number of primary amides is 1. The number of morpholine rings is 1. The molecule has 0 aliphatic carbocycles. The second-order valence-corrected chi connectivity index (χ2v) is 8.78. The van der Waals surface area contributed by atoms with Gasteiger partial charge < -0.3 is 20.8 Å². The number of piperidine rings is 1.